The largest absolute Gasteiger partial charge is 0.370 e. The van der Waals surface area contributed by atoms with E-state index in [4.69, 9.17) is 4.74 Å². The van der Waals surface area contributed by atoms with E-state index in [9.17, 15) is 0 Å². The summed E-state index contributed by atoms with van der Waals surface area (Å²) in [5, 5.41) is 0. The van der Waals surface area contributed by atoms with E-state index in [1.54, 1.807) is 0 Å². The lowest BCUT2D eigenvalue weighted by molar-refractivity contribution is 0.0994. The van der Waals surface area contributed by atoms with Crippen molar-refractivity contribution in [1.82, 2.24) is 0 Å². The molecule has 0 aliphatic carbocycles. The predicted octanol–water partition coefficient (Wildman–Crippen LogP) is 3.44. The van der Waals surface area contributed by atoms with Crippen molar-refractivity contribution in [2.45, 2.75) is 19.4 Å². The molecule has 1 aliphatic rings. The third-order valence-corrected chi connectivity index (χ3v) is 2.57. The van der Waals surface area contributed by atoms with E-state index >= 15 is 0 Å². The van der Waals surface area contributed by atoms with Crippen LogP contribution in [0, 0.1) is 0 Å². The highest BCUT2D eigenvalue weighted by Crippen LogP contribution is 2.15. The molecule has 0 spiro atoms. The first-order valence-electron chi connectivity index (χ1n) is 5.35. The average molecular weight is 200 g/mol. The first kappa shape index (κ1) is 10.2. The van der Waals surface area contributed by atoms with Crippen LogP contribution < -0.4 is 0 Å². The zero-order valence-corrected chi connectivity index (χ0v) is 9.02. The molecule has 78 valence electrons. The highest BCUT2D eigenvalue weighted by atomic mass is 16.5. The summed E-state index contributed by atoms with van der Waals surface area (Å²) in [6, 6.07) is 10.3. The number of ether oxygens (including phenoxy) is 1. The van der Waals surface area contributed by atoms with Gasteiger partial charge in [-0.25, -0.2) is 0 Å². The molecule has 0 radical (unpaired) electrons. The molecule has 1 heterocycles. The van der Waals surface area contributed by atoms with Gasteiger partial charge in [0.05, 0.1) is 12.7 Å². The van der Waals surface area contributed by atoms with Gasteiger partial charge < -0.3 is 4.74 Å². The van der Waals surface area contributed by atoms with Gasteiger partial charge in [0.25, 0.3) is 0 Å². The van der Waals surface area contributed by atoms with E-state index in [-0.39, 0.29) is 6.10 Å². The minimum Gasteiger partial charge on any atom is -0.370 e. The Morgan fingerprint density at radius 1 is 1.27 bits per heavy atom. The molecule has 0 unspecified atom stereocenters. The molecular formula is C14H16O. The predicted molar refractivity (Wildman–Crippen MR) is 63.6 cm³/mol. The Kier molecular flexibility index (Phi) is 3.36. The van der Waals surface area contributed by atoms with E-state index in [2.05, 4.69) is 37.3 Å². The van der Waals surface area contributed by atoms with Crippen LogP contribution in [0.1, 0.15) is 18.9 Å². The van der Waals surface area contributed by atoms with E-state index < -0.39 is 0 Å². The molecule has 0 N–H and O–H groups in total. The molecule has 1 aromatic carbocycles. The Hall–Kier alpha value is -1.34. The van der Waals surface area contributed by atoms with Gasteiger partial charge >= 0.3 is 0 Å². The van der Waals surface area contributed by atoms with Crippen LogP contribution in [0.5, 0.6) is 0 Å². The van der Waals surface area contributed by atoms with Gasteiger partial charge in [0.15, 0.2) is 0 Å². The molecule has 15 heavy (non-hydrogen) atoms. The van der Waals surface area contributed by atoms with E-state index in [1.165, 1.54) is 11.1 Å². The Morgan fingerprint density at radius 2 is 2.07 bits per heavy atom. The zero-order chi connectivity index (χ0) is 10.5. The SMILES string of the molecule is CC1=CCO[C@@H](/C=C/c2ccccc2)C1. The second-order valence-electron chi connectivity index (χ2n) is 3.90. The fourth-order valence-corrected chi connectivity index (χ4v) is 1.68. The maximum absolute atomic E-state index is 5.61. The highest BCUT2D eigenvalue weighted by Gasteiger charge is 2.09. The molecule has 0 bridgehead atoms. The summed E-state index contributed by atoms with van der Waals surface area (Å²) >= 11 is 0. The summed E-state index contributed by atoms with van der Waals surface area (Å²) in [7, 11) is 0. The second kappa shape index (κ2) is 4.94. The van der Waals surface area contributed by atoms with E-state index in [0.717, 1.165) is 13.0 Å². The molecule has 0 amide bonds. The van der Waals surface area contributed by atoms with Crippen molar-refractivity contribution >= 4 is 6.08 Å². The quantitative estimate of drug-likeness (QED) is 0.664. The molecule has 1 aromatic rings. The van der Waals surface area contributed by atoms with Crippen LogP contribution in [-0.2, 0) is 4.74 Å². The van der Waals surface area contributed by atoms with Crippen molar-refractivity contribution in [2.75, 3.05) is 6.61 Å². The Labute approximate surface area is 91.1 Å². The average Bonchev–Trinajstić information content (AvgIpc) is 2.28. The second-order valence-corrected chi connectivity index (χ2v) is 3.90. The van der Waals surface area contributed by atoms with Gasteiger partial charge in [-0.05, 0) is 18.9 Å². The molecule has 1 aliphatic heterocycles. The summed E-state index contributed by atoms with van der Waals surface area (Å²) in [4.78, 5) is 0. The summed E-state index contributed by atoms with van der Waals surface area (Å²) in [6.45, 7) is 2.90. The minimum absolute atomic E-state index is 0.246. The van der Waals surface area contributed by atoms with Gasteiger partial charge in [-0.15, -0.1) is 0 Å². The Morgan fingerprint density at radius 3 is 2.80 bits per heavy atom. The first-order chi connectivity index (χ1) is 7.34. The Balaban J connectivity index is 1.98. The van der Waals surface area contributed by atoms with Crippen molar-refractivity contribution in [2.24, 2.45) is 0 Å². The fourth-order valence-electron chi connectivity index (χ4n) is 1.68. The van der Waals surface area contributed by atoms with E-state index in [0.29, 0.717) is 0 Å². The molecule has 0 aromatic heterocycles. The summed E-state index contributed by atoms with van der Waals surface area (Å²) in [5.41, 5.74) is 2.65. The van der Waals surface area contributed by atoms with Crippen molar-refractivity contribution in [3.05, 3.63) is 53.6 Å². The fraction of sp³-hybridized carbons (Fsp3) is 0.286. The number of hydrogen-bond donors (Lipinski definition) is 0. The summed E-state index contributed by atoms with van der Waals surface area (Å²) in [5.74, 6) is 0. The monoisotopic (exact) mass is 200 g/mol. The molecular weight excluding hydrogens is 184 g/mol. The van der Waals surface area contributed by atoms with E-state index in [1.807, 2.05) is 18.2 Å². The first-order valence-corrected chi connectivity index (χ1v) is 5.35. The lowest BCUT2D eigenvalue weighted by Crippen LogP contribution is -2.14. The number of rotatable bonds is 2. The third kappa shape index (κ3) is 3.07. The smallest absolute Gasteiger partial charge is 0.0800 e. The third-order valence-electron chi connectivity index (χ3n) is 2.57. The lowest BCUT2D eigenvalue weighted by Gasteiger charge is -2.18. The standard InChI is InChI=1S/C14H16O/c1-12-9-10-15-14(11-12)8-7-13-5-3-2-4-6-13/h2-9,14H,10-11H2,1H3/b8-7+/t14-/m0/s1. The van der Waals surface area contributed by atoms with Crippen LogP contribution in [0.3, 0.4) is 0 Å². The molecule has 0 saturated heterocycles. The molecule has 1 nitrogen and oxygen atoms in total. The number of benzene rings is 1. The van der Waals surface area contributed by atoms with Crippen LogP contribution in [0.25, 0.3) is 6.08 Å². The van der Waals surface area contributed by atoms with Gasteiger partial charge in [-0.3, -0.25) is 0 Å². The summed E-state index contributed by atoms with van der Waals surface area (Å²) in [6.07, 6.45) is 7.68. The minimum atomic E-state index is 0.246. The van der Waals surface area contributed by atoms with Gasteiger partial charge in [0.2, 0.25) is 0 Å². The Bertz CT molecular complexity index is 362. The van der Waals surface area contributed by atoms with Crippen molar-refractivity contribution in [1.29, 1.82) is 0 Å². The molecule has 0 saturated carbocycles. The van der Waals surface area contributed by atoms with Gasteiger partial charge in [0.1, 0.15) is 0 Å². The number of hydrogen-bond acceptors (Lipinski definition) is 1. The maximum Gasteiger partial charge on any atom is 0.0800 e. The topological polar surface area (TPSA) is 9.23 Å². The van der Waals surface area contributed by atoms with Crippen molar-refractivity contribution in [3.63, 3.8) is 0 Å². The van der Waals surface area contributed by atoms with Crippen LogP contribution in [0.2, 0.25) is 0 Å². The zero-order valence-electron chi connectivity index (χ0n) is 9.02. The van der Waals surface area contributed by atoms with Crippen molar-refractivity contribution in [3.8, 4) is 0 Å². The molecule has 0 fully saturated rings. The molecule has 2 rings (SSSR count). The maximum atomic E-state index is 5.61. The summed E-state index contributed by atoms with van der Waals surface area (Å²) < 4.78 is 5.61. The van der Waals surface area contributed by atoms with Gasteiger partial charge in [-0.2, -0.15) is 0 Å². The lowest BCUT2D eigenvalue weighted by atomic mass is 10.1. The van der Waals surface area contributed by atoms with Crippen LogP contribution in [0.4, 0.5) is 0 Å². The normalized spacial score (nSPS) is 21.7. The van der Waals surface area contributed by atoms with Crippen molar-refractivity contribution < 1.29 is 4.74 Å². The van der Waals surface area contributed by atoms with Gasteiger partial charge in [-0.1, -0.05) is 54.1 Å². The van der Waals surface area contributed by atoms with Crippen LogP contribution >= 0.6 is 0 Å². The van der Waals surface area contributed by atoms with Gasteiger partial charge in [0, 0.05) is 0 Å². The van der Waals surface area contributed by atoms with Crippen LogP contribution in [0.15, 0.2) is 48.1 Å². The molecule has 1 atom stereocenters. The highest BCUT2D eigenvalue weighted by molar-refractivity contribution is 5.49. The van der Waals surface area contributed by atoms with Crippen LogP contribution in [-0.4, -0.2) is 12.7 Å². The molecule has 1 heteroatoms.